The van der Waals surface area contributed by atoms with Gasteiger partial charge < -0.3 is 9.73 Å². The van der Waals surface area contributed by atoms with Crippen LogP contribution in [0.3, 0.4) is 0 Å². The molecule has 1 heterocycles. The molecule has 1 aromatic carbocycles. The summed E-state index contributed by atoms with van der Waals surface area (Å²) in [6.45, 7) is 1.95. The Balaban J connectivity index is 2.08. The van der Waals surface area contributed by atoms with Gasteiger partial charge in [-0.15, -0.1) is 0 Å². The molecular weight excluding hydrogens is 282 g/mol. The number of rotatable bonds is 3. The molecule has 0 aliphatic rings. The van der Waals surface area contributed by atoms with E-state index in [1.165, 1.54) is 6.26 Å². The number of benzene rings is 1. The molecule has 3 nitrogen and oxygen atoms in total. The summed E-state index contributed by atoms with van der Waals surface area (Å²) in [6.07, 6.45) is 1.48. The van der Waals surface area contributed by atoms with Gasteiger partial charge in [0.15, 0.2) is 4.67 Å². The topological polar surface area (TPSA) is 42.2 Å². The first-order chi connectivity index (χ1) is 8.18. The average molecular weight is 294 g/mol. The highest BCUT2D eigenvalue weighted by atomic mass is 79.9. The van der Waals surface area contributed by atoms with E-state index in [4.69, 9.17) is 4.42 Å². The lowest BCUT2D eigenvalue weighted by molar-refractivity contribution is 0.0938. The average Bonchev–Trinajstić information content (AvgIpc) is 2.76. The highest BCUT2D eigenvalue weighted by Gasteiger charge is 2.15. The van der Waals surface area contributed by atoms with Gasteiger partial charge in [-0.1, -0.05) is 30.3 Å². The fourth-order valence-electron chi connectivity index (χ4n) is 1.56. The molecule has 0 saturated carbocycles. The number of nitrogens with one attached hydrogen (secondary N) is 1. The van der Waals surface area contributed by atoms with Crippen LogP contribution in [-0.2, 0) is 0 Å². The third-order valence-electron chi connectivity index (χ3n) is 2.51. The Bertz CT molecular complexity index is 507. The zero-order chi connectivity index (χ0) is 12.3. The molecule has 0 unspecified atom stereocenters. The van der Waals surface area contributed by atoms with Crippen LogP contribution >= 0.6 is 15.9 Å². The third-order valence-corrected chi connectivity index (χ3v) is 3.12. The van der Waals surface area contributed by atoms with Crippen LogP contribution in [0.4, 0.5) is 0 Å². The van der Waals surface area contributed by atoms with Crippen molar-refractivity contribution in [1.29, 1.82) is 0 Å². The van der Waals surface area contributed by atoms with E-state index in [9.17, 15) is 4.79 Å². The molecule has 2 rings (SSSR count). The first-order valence-corrected chi connectivity index (χ1v) is 6.06. The monoisotopic (exact) mass is 293 g/mol. The first kappa shape index (κ1) is 11.9. The van der Waals surface area contributed by atoms with Crippen molar-refractivity contribution in [1.82, 2.24) is 5.32 Å². The number of amides is 1. The van der Waals surface area contributed by atoms with E-state index in [-0.39, 0.29) is 11.9 Å². The van der Waals surface area contributed by atoms with Gasteiger partial charge in [-0.2, -0.15) is 0 Å². The van der Waals surface area contributed by atoms with Crippen molar-refractivity contribution < 1.29 is 9.21 Å². The Morgan fingerprint density at radius 1 is 1.29 bits per heavy atom. The summed E-state index contributed by atoms with van der Waals surface area (Å²) in [7, 11) is 0. The van der Waals surface area contributed by atoms with Crippen LogP contribution in [0.2, 0.25) is 0 Å². The minimum absolute atomic E-state index is 0.0366. The molecule has 0 aliphatic heterocycles. The molecule has 1 aromatic heterocycles. The van der Waals surface area contributed by atoms with E-state index in [1.54, 1.807) is 6.07 Å². The van der Waals surface area contributed by atoms with E-state index >= 15 is 0 Å². The number of furan rings is 1. The Kier molecular flexibility index (Phi) is 3.64. The lowest BCUT2D eigenvalue weighted by Crippen LogP contribution is -2.26. The molecule has 1 amide bonds. The summed E-state index contributed by atoms with van der Waals surface area (Å²) >= 11 is 3.19. The summed E-state index contributed by atoms with van der Waals surface area (Å²) in [5, 5.41) is 2.91. The lowest BCUT2D eigenvalue weighted by Gasteiger charge is -2.13. The van der Waals surface area contributed by atoms with Crippen molar-refractivity contribution in [3.63, 3.8) is 0 Å². The van der Waals surface area contributed by atoms with Crippen molar-refractivity contribution >= 4 is 21.8 Å². The molecule has 4 heteroatoms. The van der Waals surface area contributed by atoms with Crippen molar-refractivity contribution in [3.05, 3.63) is 58.5 Å². The van der Waals surface area contributed by atoms with Crippen LogP contribution in [-0.4, -0.2) is 5.91 Å². The number of hydrogen-bond donors (Lipinski definition) is 1. The van der Waals surface area contributed by atoms with Gasteiger partial charge in [-0.3, -0.25) is 4.79 Å². The second kappa shape index (κ2) is 5.19. The predicted octanol–water partition coefficient (Wildman–Crippen LogP) is 3.53. The van der Waals surface area contributed by atoms with Crippen molar-refractivity contribution in [2.75, 3.05) is 0 Å². The van der Waals surface area contributed by atoms with E-state index in [2.05, 4.69) is 21.2 Å². The van der Waals surface area contributed by atoms with Crippen LogP contribution in [0, 0.1) is 0 Å². The molecule has 0 bridgehead atoms. The Morgan fingerprint density at radius 2 is 2.00 bits per heavy atom. The number of hydrogen-bond acceptors (Lipinski definition) is 2. The van der Waals surface area contributed by atoms with Crippen LogP contribution < -0.4 is 5.32 Å². The van der Waals surface area contributed by atoms with Gasteiger partial charge in [0.25, 0.3) is 5.91 Å². The van der Waals surface area contributed by atoms with E-state index in [0.717, 1.165) is 5.56 Å². The summed E-state index contributed by atoms with van der Waals surface area (Å²) in [5.74, 6) is -0.151. The summed E-state index contributed by atoms with van der Waals surface area (Å²) in [5.41, 5.74) is 1.58. The Labute approximate surface area is 108 Å². The molecule has 0 fully saturated rings. The third kappa shape index (κ3) is 2.77. The normalized spacial score (nSPS) is 12.1. The maximum atomic E-state index is 11.9. The number of halogens is 1. The molecule has 0 radical (unpaired) electrons. The standard InChI is InChI=1S/C13H12BrNO2/c1-9(10-5-3-2-4-6-10)15-13(16)11-7-8-17-12(11)14/h2-9H,1H3,(H,15,16)/t9-/m0/s1. The van der Waals surface area contributed by atoms with Gasteiger partial charge in [0.1, 0.15) is 0 Å². The SMILES string of the molecule is C[C@H](NC(=O)c1ccoc1Br)c1ccccc1. The van der Waals surface area contributed by atoms with Crippen LogP contribution in [0.5, 0.6) is 0 Å². The van der Waals surface area contributed by atoms with E-state index in [1.807, 2.05) is 37.3 Å². The molecule has 0 aliphatic carbocycles. The highest BCUT2D eigenvalue weighted by molar-refractivity contribution is 9.10. The van der Waals surface area contributed by atoms with Gasteiger partial charge >= 0.3 is 0 Å². The molecule has 0 saturated heterocycles. The molecule has 0 spiro atoms. The van der Waals surface area contributed by atoms with Gasteiger partial charge in [-0.05, 0) is 34.5 Å². The summed E-state index contributed by atoms with van der Waals surface area (Å²) in [4.78, 5) is 11.9. The minimum atomic E-state index is -0.151. The van der Waals surface area contributed by atoms with Gasteiger partial charge in [-0.25, -0.2) is 0 Å². The zero-order valence-corrected chi connectivity index (χ0v) is 10.9. The molecule has 88 valence electrons. The second-order valence-corrected chi connectivity index (χ2v) is 4.43. The van der Waals surface area contributed by atoms with Gasteiger partial charge in [0.2, 0.25) is 0 Å². The fraction of sp³-hybridized carbons (Fsp3) is 0.154. The minimum Gasteiger partial charge on any atom is -0.457 e. The Hall–Kier alpha value is -1.55. The van der Waals surface area contributed by atoms with Gasteiger partial charge in [0.05, 0.1) is 17.9 Å². The predicted molar refractivity (Wildman–Crippen MR) is 68.7 cm³/mol. The zero-order valence-electron chi connectivity index (χ0n) is 9.31. The molecule has 1 atom stereocenters. The summed E-state index contributed by atoms with van der Waals surface area (Å²) in [6, 6.07) is 11.4. The van der Waals surface area contributed by atoms with Crippen molar-refractivity contribution in [3.8, 4) is 0 Å². The van der Waals surface area contributed by atoms with E-state index < -0.39 is 0 Å². The molecular formula is C13H12BrNO2. The summed E-state index contributed by atoms with van der Waals surface area (Å²) < 4.78 is 5.48. The van der Waals surface area contributed by atoms with Crippen LogP contribution in [0.1, 0.15) is 28.9 Å². The fourth-order valence-corrected chi connectivity index (χ4v) is 1.98. The van der Waals surface area contributed by atoms with Crippen LogP contribution in [0.25, 0.3) is 0 Å². The number of carbonyl (C=O) groups is 1. The Morgan fingerprint density at radius 3 is 2.59 bits per heavy atom. The van der Waals surface area contributed by atoms with Crippen molar-refractivity contribution in [2.45, 2.75) is 13.0 Å². The molecule has 17 heavy (non-hydrogen) atoms. The van der Waals surface area contributed by atoms with Gasteiger partial charge in [0, 0.05) is 0 Å². The first-order valence-electron chi connectivity index (χ1n) is 5.27. The molecule has 1 N–H and O–H groups in total. The van der Waals surface area contributed by atoms with E-state index in [0.29, 0.717) is 10.2 Å². The smallest absolute Gasteiger partial charge is 0.256 e. The highest BCUT2D eigenvalue weighted by Crippen LogP contribution is 2.19. The second-order valence-electron chi connectivity index (χ2n) is 3.71. The lowest BCUT2D eigenvalue weighted by atomic mass is 10.1. The number of carbonyl (C=O) groups excluding carboxylic acids is 1. The van der Waals surface area contributed by atoms with Crippen LogP contribution in [0.15, 0.2) is 51.7 Å². The quantitative estimate of drug-likeness (QED) is 0.941. The largest absolute Gasteiger partial charge is 0.457 e. The van der Waals surface area contributed by atoms with Crippen molar-refractivity contribution in [2.24, 2.45) is 0 Å². The maximum absolute atomic E-state index is 11.9. The maximum Gasteiger partial charge on any atom is 0.256 e. The molecule has 2 aromatic rings.